The molecule has 1 aromatic carbocycles. The van der Waals surface area contributed by atoms with Gasteiger partial charge >= 0.3 is 0 Å². The number of nitrogens with zero attached hydrogens (tertiary/aromatic N) is 2. The molecule has 1 fully saturated rings. The lowest BCUT2D eigenvalue weighted by molar-refractivity contribution is 0.0945. The number of aromatic amines is 1. The average molecular weight is 519 g/mol. The van der Waals surface area contributed by atoms with Gasteiger partial charge < -0.3 is 24.5 Å². The Bertz CT molecular complexity index is 1290. The summed E-state index contributed by atoms with van der Waals surface area (Å²) in [7, 11) is 3.49. The van der Waals surface area contributed by atoms with Crippen molar-refractivity contribution in [3.05, 3.63) is 63.2 Å². The van der Waals surface area contributed by atoms with Crippen LogP contribution in [0.15, 0.2) is 35.1 Å². The molecule has 2 aromatic heterocycles. The second-order valence-electron chi connectivity index (χ2n) is 9.67. The van der Waals surface area contributed by atoms with Gasteiger partial charge in [0.15, 0.2) is 0 Å². The molecule has 36 heavy (non-hydrogen) atoms. The topological polar surface area (TPSA) is 79.4 Å². The number of nitrogens with one attached hydrogen (secondary N) is 2. The molecule has 3 atom stereocenters. The largest absolute Gasteiger partial charge is 0.496 e. The summed E-state index contributed by atoms with van der Waals surface area (Å²) in [5, 5.41) is 3.80. The van der Waals surface area contributed by atoms with Crippen LogP contribution in [0.1, 0.15) is 53.1 Å². The zero-order valence-corrected chi connectivity index (χ0v) is 22.4. The van der Waals surface area contributed by atoms with Crippen molar-refractivity contribution in [1.82, 2.24) is 19.8 Å². The number of amides is 1. The van der Waals surface area contributed by atoms with Gasteiger partial charge in [0.05, 0.1) is 24.8 Å². The zero-order chi connectivity index (χ0) is 25.3. The van der Waals surface area contributed by atoms with Crippen molar-refractivity contribution in [2.75, 3.05) is 27.4 Å². The van der Waals surface area contributed by atoms with Crippen LogP contribution >= 0.6 is 12.4 Å². The van der Waals surface area contributed by atoms with Gasteiger partial charge in [-0.1, -0.05) is 18.2 Å². The molecule has 9 heteroatoms. The standard InChI is InChI=1S/C27H35FN4O3.ClH/c1-16-12-24(35-5)22(26(33)30-16)15-29-27(34)25-18(3)32(23-9-7-6-8-21(23)25)17(2)19-10-11-31(4)20(13-19)14-28;/h6-9,12,17,19-20H,10-11,13-15H2,1-5H3,(H,29,34)(H,30,33);1H. The van der Waals surface area contributed by atoms with E-state index in [9.17, 15) is 14.0 Å². The molecule has 2 N–H and O–H groups in total. The number of pyridine rings is 1. The van der Waals surface area contributed by atoms with E-state index in [1.165, 1.54) is 7.11 Å². The summed E-state index contributed by atoms with van der Waals surface area (Å²) in [4.78, 5) is 30.8. The number of ether oxygens (including phenoxy) is 1. The van der Waals surface area contributed by atoms with E-state index in [1.54, 1.807) is 13.0 Å². The van der Waals surface area contributed by atoms with Crippen LogP contribution in [0, 0.1) is 19.8 Å². The molecule has 1 amide bonds. The molecular weight excluding hydrogens is 483 g/mol. The van der Waals surface area contributed by atoms with Gasteiger partial charge in [0, 0.05) is 34.4 Å². The lowest BCUT2D eigenvalue weighted by atomic mass is 9.86. The Balaban J connectivity index is 0.00000361. The summed E-state index contributed by atoms with van der Waals surface area (Å²) in [5.41, 5.74) is 3.26. The maximum atomic E-state index is 13.6. The third kappa shape index (κ3) is 5.15. The molecule has 3 heterocycles. The number of piperidine rings is 1. The molecule has 1 saturated heterocycles. The Hall–Kier alpha value is -2.84. The number of benzene rings is 1. The Morgan fingerprint density at radius 3 is 2.72 bits per heavy atom. The van der Waals surface area contributed by atoms with Crippen LogP contribution in [-0.2, 0) is 6.54 Å². The summed E-state index contributed by atoms with van der Waals surface area (Å²) >= 11 is 0. The second kappa shape index (κ2) is 11.5. The molecule has 1 aliphatic heterocycles. The summed E-state index contributed by atoms with van der Waals surface area (Å²) in [6.07, 6.45) is 1.77. The lowest BCUT2D eigenvalue weighted by Gasteiger charge is -2.39. The van der Waals surface area contributed by atoms with Gasteiger partial charge in [-0.05, 0) is 65.3 Å². The fourth-order valence-corrected chi connectivity index (χ4v) is 5.52. The molecule has 0 aliphatic carbocycles. The van der Waals surface area contributed by atoms with Crippen molar-refractivity contribution in [2.24, 2.45) is 5.92 Å². The number of methoxy groups -OCH3 is 1. The van der Waals surface area contributed by atoms with E-state index in [0.717, 1.165) is 36.0 Å². The van der Waals surface area contributed by atoms with Crippen molar-refractivity contribution in [1.29, 1.82) is 0 Å². The van der Waals surface area contributed by atoms with Gasteiger partial charge in [-0.3, -0.25) is 9.59 Å². The number of likely N-dealkylation sites (tertiary alicyclic amines) is 1. The van der Waals surface area contributed by atoms with Crippen molar-refractivity contribution in [2.45, 2.75) is 52.2 Å². The molecule has 0 spiro atoms. The van der Waals surface area contributed by atoms with E-state index in [4.69, 9.17) is 4.74 Å². The minimum atomic E-state index is -0.347. The van der Waals surface area contributed by atoms with Crippen LogP contribution in [0.2, 0.25) is 0 Å². The first-order valence-corrected chi connectivity index (χ1v) is 12.2. The number of hydrogen-bond donors (Lipinski definition) is 2. The molecule has 1 aliphatic rings. The van der Waals surface area contributed by atoms with E-state index in [1.807, 2.05) is 38.2 Å². The molecule has 7 nitrogen and oxygen atoms in total. The van der Waals surface area contributed by atoms with Crippen molar-refractivity contribution in [3.8, 4) is 5.75 Å². The monoisotopic (exact) mass is 518 g/mol. The highest BCUT2D eigenvalue weighted by atomic mass is 35.5. The van der Waals surface area contributed by atoms with Gasteiger partial charge in [-0.25, -0.2) is 4.39 Å². The number of fused-ring (bicyclic) bond motifs is 1. The number of H-pyrrole nitrogens is 1. The van der Waals surface area contributed by atoms with Crippen LogP contribution in [0.3, 0.4) is 0 Å². The SMILES string of the molecule is COc1cc(C)[nH]c(=O)c1CNC(=O)c1c(C)n(C(C)C2CCN(C)C(CF)C2)c2ccccc12.Cl. The van der Waals surface area contributed by atoms with Crippen LogP contribution in [0.25, 0.3) is 10.9 Å². The predicted molar refractivity (Wildman–Crippen MR) is 143 cm³/mol. The number of hydrogen-bond acceptors (Lipinski definition) is 4. The summed E-state index contributed by atoms with van der Waals surface area (Å²) < 4.78 is 21.2. The summed E-state index contributed by atoms with van der Waals surface area (Å²) in [6.45, 7) is 6.49. The molecule has 0 radical (unpaired) electrons. The molecule has 0 bridgehead atoms. The quantitative estimate of drug-likeness (QED) is 0.481. The first-order valence-electron chi connectivity index (χ1n) is 12.2. The Morgan fingerprint density at radius 2 is 2.03 bits per heavy atom. The molecule has 4 rings (SSSR count). The third-order valence-electron chi connectivity index (χ3n) is 7.58. The van der Waals surface area contributed by atoms with E-state index >= 15 is 0 Å². The number of carbonyl (C=O) groups excluding carboxylic acids is 1. The smallest absolute Gasteiger partial charge is 0.256 e. The molecule has 3 aromatic rings. The highest BCUT2D eigenvalue weighted by Gasteiger charge is 2.32. The van der Waals surface area contributed by atoms with Crippen molar-refractivity contribution < 1.29 is 13.9 Å². The molecule has 196 valence electrons. The number of aromatic nitrogens is 2. The fraction of sp³-hybridized carbons (Fsp3) is 0.481. The fourth-order valence-electron chi connectivity index (χ4n) is 5.52. The third-order valence-corrected chi connectivity index (χ3v) is 7.58. The van der Waals surface area contributed by atoms with Gasteiger partial charge in [-0.15, -0.1) is 12.4 Å². The highest BCUT2D eigenvalue weighted by Crippen LogP contribution is 2.37. The Kier molecular flexibility index (Phi) is 8.84. The van der Waals surface area contributed by atoms with E-state index < -0.39 is 0 Å². The number of rotatable bonds is 7. The Morgan fingerprint density at radius 1 is 1.31 bits per heavy atom. The van der Waals surface area contributed by atoms with Crippen LogP contribution in [-0.4, -0.2) is 53.8 Å². The Labute approximate surface area is 217 Å². The number of halogens is 2. The molecule has 3 unspecified atom stereocenters. The maximum absolute atomic E-state index is 13.6. The van der Waals surface area contributed by atoms with Gasteiger partial charge in [0.25, 0.3) is 11.5 Å². The second-order valence-corrected chi connectivity index (χ2v) is 9.67. The maximum Gasteiger partial charge on any atom is 0.256 e. The molecule has 0 saturated carbocycles. The van der Waals surface area contributed by atoms with E-state index in [2.05, 4.69) is 26.7 Å². The first kappa shape index (κ1) is 27.7. The minimum absolute atomic E-state index is 0. The lowest BCUT2D eigenvalue weighted by Crippen LogP contribution is -2.43. The highest BCUT2D eigenvalue weighted by molar-refractivity contribution is 6.08. The van der Waals surface area contributed by atoms with E-state index in [0.29, 0.717) is 28.5 Å². The van der Waals surface area contributed by atoms with E-state index in [-0.39, 0.29) is 49.2 Å². The van der Waals surface area contributed by atoms with Crippen molar-refractivity contribution in [3.63, 3.8) is 0 Å². The number of alkyl halides is 1. The minimum Gasteiger partial charge on any atom is -0.496 e. The van der Waals surface area contributed by atoms with Crippen molar-refractivity contribution >= 4 is 29.2 Å². The van der Waals surface area contributed by atoms with Crippen LogP contribution < -0.4 is 15.6 Å². The van der Waals surface area contributed by atoms with Crippen LogP contribution in [0.4, 0.5) is 4.39 Å². The first-order chi connectivity index (χ1) is 16.8. The van der Waals surface area contributed by atoms with Gasteiger partial charge in [0.2, 0.25) is 0 Å². The van der Waals surface area contributed by atoms with Gasteiger partial charge in [-0.2, -0.15) is 0 Å². The normalized spacial score (nSPS) is 19.1. The number of aryl methyl sites for hydroxylation is 1. The zero-order valence-electron chi connectivity index (χ0n) is 21.6. The molecular formula is C27H36ClFN4O3. The summed E-state index contributed by atoms with van der Waals surface area (Å²) in [5.74, 6) is 0.522. The average Bonchev–Trinajstić information content (AvgIpc) is 3.14. The predicted octanol–water partition coefficient (Wildman–Crippen LogP) is 4.55. The van der Waals surface area contributed by atoms with Gasteiger partial charge in [0.1, 0.15) is 12.4 Å². The van der Waals surface area contributed by atoms with Crippen LogP contribution in [0.5, 0.6) is 5.75 Å². The summed E-state index contributed by atoms with van der Waals surface area (Å²) in [6, 6.07) is 9.68. The number of carbonyl (C=O) groups is 1. The number of para-hydroxylation sites is 1.